The Morgan fingerprint density at radius 1 is 1.15 bits per heavy atom. The zero-order valence-electron chi connectivity index (χ0n) is 15.4. The largest absolute Gasteiger partial charge is 0.322 e. The van der Waals surface area contributed by atoms with Crippen LogP contribution in [0, 0.1) is 12.7 Å². The summed E-state index contributed by atoms with van der Waals surface area (Å²) in [5, 5.41) is 2.69. The van der Waals surface area contributed by atoms with Crippen molar-refractivity contribution in [2.45, 2.75) is 44.0 Å². The molecule has 1 aliphatic rings. The first kappa shape index (κ1) is 19.5. The summed E-state index contributed by atoms with van der Waals surface area (Å²) in [6, 6.07) is 10.2. The van der Waals surface area contributed by atoms with Crippen LogP contribution in [-0.2, 0) is 10.0 Å². The average Bonchev–Trinajstić information content (AvgIpc) is 2.65. The first-order chi connectivity index (χ1) is 12.8. The van der Waals surface area contributed by atoms with Crippen molar-refractivity contribution >= 4 is 21.6 Å². The monoisotopic (exact) mass is 390 g/mol. The van der Waals surface area contributed by atoms with Gasteiger partial charge in [-0.15, -0.1) is 0 Å². The highest BCUT2D eigenvalue weighted by Crippen LogP contribution is 2.25. The molecule has 1 amide bonds. The highest BCUT2D eigenvalue weighted by molar-refractivity contribution is 7.89. The van der Waals surface area contributed by atoms with Crippen molar-refractivity contribution in [3.63, 3.8) is 0 Å². The number of nitrogens with zero attached hydrogens (tertiary/aromatic N) is 1. The predicted molar refractivity (Wildman–Crippen MR) is 103 cm³/mol. The lowest BCUT2D eigenvalue weighted by atomic mass is 10.1. The van der Waals surface area contributed by atoms with Gasteiger partial charge in [0, 0.05) is 23.8 Å². The fourth-order valence-electron chi connectivity index (χ4n) is 3.27. The molecule has 5 nitrogen and oxygen atoms in total. The number of carbonyl (C=O) groups is 1. The Labute approximate surface area is 159 Å². The molecule has 7 heteroatoms. The lowest BCUT2D eigenvalue weighted by molar-refractivity contribution is 0.102. The molecule has 1 fully saturated rings. The highest BCUT2D eigenvalue weighted by Gasteiger charge is 2.30. The van der Waals surface area contributed by atoms with Crippen LogP contribution in [0.2, 0.25) is 0 Å². The second kappa shape index (κ2) is 7.78. The van der Waals surface area contributed by atoms with Gasteiger partial charge >= 0.3 is 0 Å². The Balaban J connectivity index is 1.76. The van der Waals surface area contributed by atoms with Crippen molar-refractivity contribution in [1.29, 1.82) is 0 Å². The molecule has 1 N–H and O–H groups in total. The Hall–Kier alpha value is -2.25. The van der Waals surface area contributed by atoms with Gasteiger partial charge in [-0.25, -0.2) is 12.8 Å². The number of rotatable bonds is 4. The van der Waals surface area contributed by atoms with Crippen molar-refractivity contribution in [3.05, 3.63) is 59.4 Å². The van der Waals surface area contributed by atoms with Gasteiger partial charge in [0.2, 0.25) is 10.0 Å². The molecule has 0 radical (unpaired) electrons. The summed E-state index contributed by atoms with van der Waals surface area (Å²) in [6.07, 6.45) is 2.76. The smallest absolute Gasteiger partial charge is 0.255 e. The minimum Gasteiger partial charge on any atom is -0.322 e. The van der Waals surface area contributed by atoms with Gasteiger partial charge in [0.25, 0.3) is 5.91 Å². The van der Waals surface area contributed by atoms with Gasteiger partial charge < -0.3 is 5.32 Å². The standard InChI is InChI=1S/C20H23FN2O3S/c1-14-13-17(8-11-19(14)21)22-20(24)16-6-9-18(10-7-16)27(25,26)23-12-4-3-5-15(23)2/h6-11,13,15H,3-5,12H2,1-2H3,(H,22,24). The van der Waals surface area contributed by atoms with Gasteiger partial charge in [-0.1, -0.05) is 6.42 Å². The van der Waals surface area contributed by atoms with Gasteiger partial charge in [-0.2, -0.15) is 4.31 Å². The molecule has 0 bridgehead atoms. The van der Waals surface area contributed by atoms with E-state index in [1.165, 1.54) is 40.7 Å². The Kier molecular flexibility index (Phi) is 5.62. The third-order valence-corrected chi connectivity index (χ3v) is 6.91. The summed E-state index contributed by atoms with van der Waals surface area (Å²) in [5.74, 6) is -0.717. The van der Waals surface area contributed by atoms with Crippen molar-refractivity contribution in [2.75, 3.05) is 11.9 Å². The van der Waals surface area contributed by atoms with E-state index in [2.05, 4.69) is 5.32 Å². The minimum atomic E-state index is -3.56. The number of nitrogens with one attached hydrogen (secondary N) is 1. The van der Waals surface area contributed by atoms with Gasteiger partial charge in [-0.05, 0) is 74.7 Å². The number of aryl methyl sites for hydroxylation is 1. The number of amides is 1. The molecule has 0 aliphatic carbocycles. The summed E-state index contributed by atoms with van der Waals surface area (Å²) >= 11 is 0. The van der Waals surface area contributed by atoms with Gasteiger partial charge in [0.05, 0.1) is 4.90 Å². The summed E-state index contributed by atoms with van der Waals surface area (Å²) in [4.78, 5) is 12.5. The maximum Gasteiger partial charge on any atom is 0.255 e. The number of hydrogen-bond donors (Lipinski definition) is 1. The SMILES string of the molecule is Cc1cc(NC(=O)c2ccc(S(=O)(=O)N3CCCCC3C)cc2)ccc1F. The summed E-state index contributed by atoms with van der Waals surface area (Å²) in [6.45, 7) is 4.06. The quantitative estimate of drug-likeness (QED) is 0.860. The maximum absolute atomic E-state index is 13.3. The van der Waals surface area contributed by atoms with Crippen LogP contribution in [0.4, 0.5) is 10.1 Å². The number of halogens is 1. The molecule has 27 heavy (non-hydrogen) atoms. The fraction of sp³-hybridized carbons (Fsp3) is 0.350. The Bertz CT molecular complexity index is 942. The van der Waals surface area contributed by atoms with Crippen LogP contribution in [0.3, 0.4) is 0 Å². The maximum atomic E-state index is 13.3. The number of anilines is 1. The van der Waals surface area contributed by atoms with E-state index >= 15 is 0 Å². The molecular weight excluding hydrogens is 367 g/mol. The van der Waals surface area contributed by atoms with E-state index in [1.54, 1.807) is 13.0 Å². The lowest BCUT2D eigenvalue weighted by Gasteiger charge is -2.32. The van der Waals surface area contributed by atoms with Crippen LogP contribution < -0.4 is 5.32 Å². The molecule has 1 atom stereocenters. The average molecular weight is 390 g/mol. The van der Waals surface area contributed by atoms with Gasteiger partial charge in [0.1, 0.15) is 5.82 Å². The normalized spacial score (nSPS) is 18.3. The number of benzene rings is 2. The number of carbonyl (C=O) groups excluding carboxylic acids is 1. The molecule has 1 saturated heterocycles. The molecular formula is C20H23FN2O3S. The number of hydrogen-bond acceptors (Lipinski definition) is 3. The zero-order chi connectivity index (χ0) is 19.6. The van der Waals surface area contributed by atoms with Crippen molar-refractivity contribution in [2.24, 2.45) is 0 Å². The third kappa shape index (κ3) is 4.20. The Morgan fingerprint density at radius 2 is 1.85 bits per heavy atom. The van der Waals surface area contributed by atoms with E-state index < -0.39 is 10.0 Å². The van der Waals surface area contributed by atoms with Gasteiger partial charge in [-0.3, -0.25) is 4.79 Å². The van der Waals surface area contributed by atoms with E-state index in [0.717, 1.165) is 19.3 Å². The van der Waals surface area contributed by atoms with Crippen molar-refractivity contribution < 1.29 is 17.6 Å². The van der Waals surface area contributed by atoms with E-state index in [4.69, 9.17) is 0 Å². The summed E-state index contributed by atoms with van der Waals surface area (Å²) < 4.78 is 40.5. The topological polar surface area (TPSA) is 66.5 Å². The Morgan fingerprint density at radius 3 is 2.48 bits per heavy atom. The molecule has 2 aromatic carbocycles. The molecule has 0 spiro atoms. The first-order valence-electron chi connectivity index (χ1n) is 8.98. The molecule has 2 aromatic rings. The third-order valence-electron chi connectivity index (χ3n) is 4.88. The molecule has 144 valence electrons. The van der Waals surface area contributed by atoms with E-state index in [0.29, 0.717) is 23.4 Å². The predicted octanol–water partition coefficient (Wildman–Crippen LogP) is 3.95. The second-order valence-corrected chi connectivity index (χ2v) is 8.79. The molecule has 1 unspecified atom stereocenters. The fourth-order valence-corrected chi connectivity index (χ4v) is 4.97. The van der Waals surface area contributed by atoms with Crippen LogP contribution in [0.1, 0.15) is 42.1 Å². The van der Waals surface area contributed by atoms with Crippen LogP contribution in [0.15, 0.2) is 47.4 Å². The van der Waals surface area contributed by atoms with Crippen LogP contribution in [0.25, 0.3) is 0 Å². The second-order valence-electron chi connectivity index (χ2n) is 6.90. The molecule has 1 heterocycles. The highest BCUT2D eigenvalue weighted by atomic mass is 32.2. The van der Waals surface area contributed by atoms with Crippen molar-refractivity contribution in [1.82, 2.24) is 4.31 Å². The van der Waals surface area contributed by atoms with Crippen LogP contribution in [-0.4, -0.2) is 31.2 Å². The van der Waals surface area contributed by atoms with Crippen molar-refractivity contribution in [3.8, 4) is 0 Å². The molecule has 1 aliphatic heterocycles. The number of sulfonamides is 1. The molecule has 0 aromatic heterocycles. The first-order valence-corrected chi connectivity index (χ1v) is 10.4. The summed E-state index contributed by atoms with van der Waals surface area (Å²) in [5.41, 5.74) is 1.25. The van der Waals surface area contributed by atoms with E-state index in [-0.39, 0.29) is 22.7 Å². The number of piperidine rings is 1. The van der Waals surface area contributed by atoms with Crippen LogP contribution >= 0.6 is 0 Å². The summed E-state index contributed by atoms with van der Waals surface area (Å²) in [7, 11) is -3.56. The zero-order valence-corrected chi connectivity index (χ0v) is 16.2. The van der Waals surface area contributed by atoms with Gasteiger partial charge in [0.15, 0.2) is 0 Å². The molecule has 0 saturated carbocycles. The lowest BCUT2D eigenvalue weighted by Crippen LogP contribution is -2.41. The van der Waals surface area contributed by atoms with E-state index in [1.807, 2.05) is 6.92 Å². The minimum absolute atomic E-state index is 0.0200. The molecule has 3 rings (SSSR count). The van der Waals surface area contributed by atoms with Crippen LogP contribution in [0.5, 0.6) is 0 Å². The van der Waals surface area contributed by atoms with E-state index in [9.17, 15) is 17.6 Å².